The molecule has 0 aromatic rings. The molecule has 0 aromatic carbocycles. The molecular formula is C6H14O5S2. The Labute approximate surface area is 79.3 Å². The van der Waals surface area contributed by atoms with Gasteiger partial charge in [0.2, 0.25) is 0 Å². The molecule has 80 valence electrons. The third kappa shape index (κ3) is 3.61. The molecule has 0 rings (SSSR count). The molecule has 0 amide bonds. The molecule has 7 heteroatoms. The number of rotatable bonds is 4. The van der Waals surface area contributed by atoms with Gasteiger partial charge in [-0.15, -0.1) is 3.63 Å². The zero-order valence-corrected chi connectivity index (χ0v) is 9.65. The summed E-state index contributed by atoms with van der Waals surface area (Å²) in [5, 5.41) is -1.72. The molecule has 0 aliphatic carbocycles. The van der Waals surface area contributed by atoms with Crippen molar-refractivity contribution in [2.45, 2.75) is 38.2 Å². The van der Waals surface area contributed by atoms with Gasteiger partial charge in [-0.25, -0.2) is 0 Å². The van der Waals surface area contributed by atoms with Crippen LogP contribution in [0, 0.1) is 0 Å². The third-order valence-electron chi connectivity index (χ3n) is 1.34. The summed E-state index contributed by atoms with van der Waals surface area (Å²) in [6, 6.07) is 0. The molecule has 0 atom stereocenters. The van der Waals surface area contributed by atoms with Gasteiger partial charge in [-0.2, -0.15) is 16.8 Å². The van der Waals surface area contributed by atoms with Crippen LogP contribution in [0.1, 0.15) is 27.7 Å². The lowest BCUT2D eigenvalue weighted by Crippen LogP contribution is -2.26. The molecule has 0 N–H and O–H groups in total. The second-order valence-electron chi connectivity index (χ2n) is 3.15. The Balaban J connectivity index is 4.86. The molecule has 0 aromatic heterocycles. The molecule has 0 aliphatic rings. The number of hydrogen-bond acceptors (Lipinski definition) is 5. The minimum atomic E-state index is -3.99. The number of hydrogen-bond donors (Lipinski definition) is 0. The maximum Gasteiger partial charge on any atom is 0.284 e. The van der Waals surface area contributed by atoms with Crippen molar-refractivity contribution < 1.29 is 20.5 Å². The van der Waals surface area contributed by atoms with E-state index in [1.165, 1.54) is 27.7 Å². The van der Waals surface area contributed by atoms with E-state index in [-0.39, 0.29) is 0 Å². The first-order chi connectivity index (χ1) is 5.59. The summed E-state index contributed by atoms with van der Waals surface area (Å²) in [5.41, 5.74) is 0. The Hall–Kier alpha value is -0.140. The molecule has 0 saturated heterocycles. The van der Waals surface area contributed by atoms with Crippen LogP contribution in [0.3, 0.4) is 0 Å². The minimum absolute atomic E-state index is 0.860. The predicted molar refractivity (Wildman–Crippen MR) is 49.2 cm³/mol. The van der Waals surface area contributed by atoms with E-state index in [2.05, 4.69) is 3.63 Å². The molecule has 0 fully saturated rings. The van der Waals surface area contributed by atoms with Crippen molar-refractivity contribution in [2.75, 3.05) is 0 Å². The van der Waals surface area contributed by atoms with Crippen molar-refractivity contribution in [3.8, 4) is 0 Å². The molecule has 0 aliphatic heterocycles. The van der Waals surface area contributed by atoms with Crippen molar-refractivity contribution in [2.24, 2.45) is 0 Å². The first kappa shape index (κ1) is 12.9. The van der Waals surface area contributed by atoms with Gasteiger partial charge in [0, 0.05) is 0 Å². The van der Waals surface area contributed by atoms with Crippen LogP contribution in [-0.2, 0) is 23.9 Å². The van der Waals surface area contributed by atoms with Gasteiger partial charge < -0.3 is 0 Å². The van der Waals surface area contributed by atoms with Crippen molar-refractivity contribution in [3.05, 3.63) is 0 Å². The van der Waals surface area contributed by atoms with Crippen LogP contribution in [0.2, 0.25) is 0 Å². The Morgan fingerprint density at radius 2 is 1.00 bits per heavy atom. The van der Waals surface area contributed by atoms with Crippen LogP contribution in [0.4, 0.5) is 0 Å². The molecule has 0 heterocycles. The minimum Gasteiger partial charge on any atom is -0.198 e. The van der Waals surface area contributed by atoms with E-state index in [9.17, 15) is 16.8 Å². The quantitative estimate of drug-likeness (QED) is 0.702. The van der Waals surface area contributed by atoms with E-state index in [0.29, 0.717) is 0 Å². The molecular weight excluding hydrogens is 216 g/mol. The van der Waals surface area contributed by atoms with Gasteiger partial charge in [-0.05, 0) is 27.7 Å². The van der Waals surface area contributed by atoms with Crippen molar-refractivity contribution in [1.29, 1.82) is 0 Å². The first-order valence-electron chi connectivity index (χ1n) is 3.78. The fourth-order valence-corrected chi connectivity index (χ4v) is 2.60. The van der Waals surface area contributed by atoms with Crippen molar-refractivity contribution >= 4 is 20.2 Å². The summed E-state index contributed by atoms with van der Waals surface area (Å²) < 4.78 is 48.3. The van der Waals surface area contributed by atoms with Gasteiger partial charge in [0.1, 0.15) is 0 Å². The summed E-state index contributed by atoms with van der Waals surface area (Å²) >= 11 is 0. The molecule has 0 radical (unpaired) electrons. The molecule has 0 spiro atoms. The Morgan fingerprint density at radius 3 is 1.15 bits per heavy atom. The van der Waals surface area contributed by atoms with Crippen molar-refractivity contribution in [1.82, 2.24) is 0 Å². The predicted octanol–water partition coefficient (Wildman–Crippen LogP) is 0.479. The maximum atomic E-state index is 11.0. The van der Waals surface area contributed by atoms with Gasteiger partial charge in [0.05, 0.1) is 10.5 Å². The normalized spacial score (nSPS) is 14.0. The lowest BCUT2D eigenvalue weighted by atomic mass is 10.6. The lowest BCUT2D eigenvalue weighted by molar-refractivity contribution is 0.450. The van der Waals surface area contributed by atoms with Crippen LogP contribution in [0.5, 0.6) is 0 Å². The Morgan fingerprint density at radius 1 is 0.769 bits per heavy atom. The van der Waals surface area contributed by atoms with Gasteiger partial charge in [0.15, 0.2) is 0 Å². The summed E-state index contributed by atoms with van der Waals surface area (Å²) in [4.78, 5) is 0. The van der Waals surface area contributed by atoms with E-state index in [1.807, 2.05) is 0 Å². The summed E-state index contributed by atoms with van der Waals surface area (Å²) in [6.45, 7) is 5.41. The average molecular weight is 230 g/mol. The largest absolute Gasteiger partial charge is 0.284 e. The van der Waals surface area contributed by atoms with Gasteiger partial charge in [-0.3, -0.25) is 0 Å². The second kappa shape index (κ2) is 3.93. The molecule has 5 nitrogen and oxygen atoms in total. The highest BCUT2D eigenvalue weighted by molar-refractivity contribution is 8.00. The van der Waals surface area contributed by atoms with Crippen LogP contribution in [0.15, 0.2) is 0 Å². The van der Waals surface area contributed by atoms with Gasteiger partial charge in [0.25, 0.3) is 20.2 Å². The zero-order valence-electron chi connectivity index (χ0n) is 8.01. The average Bonchev–Trinajstić information content (AvgIpc) is 1.83. The van der Waals surface area contributed by atoms with E-state index in [4.69, 9.17) is 0 Å². The third-order valence-corrected chi connectivity index (χ3v) is 5.17. The van der Waals surface area contributed by atoms with Gasteiger partial charge >= 0.3 is 0 Å². The summed E-state index contributed by atoms with van der Waals surface area (Å²) in [5.74, 6) is 0. The first-order valence-corrected chi connectivity index (χ1v) is 6.72. The second-order valence-corrected chi connectivity index (χ2v) is 7.55. The molecule has 13 heavy (non-hydrogen) atoms. The van der Waals surface area contributed by atoms with Gasteiger partial charge in [-0.1, -0.05) is 0 Å². The Kier molecular flexibility index (Phi) is 3.89. The highest BCUT2D eigenvalue weighted by atomic mass is 32.3. The standard InChI is InChI=1S/C6H14O5S2/c1-5(2)12(7,8)11-13(9,10)6(3)4/h5-6H,1-4H3. The SMILES string of the molecule is CC(C)S(=O)(=O)OS(=O)(=O)C(C)C. The fraction of sp³-hybridized carbons (Fsp3) is 1.00. The topological polar surface area (TPSA) is 77.5 Å². The van der Waals surface area contributed by atoms with Crippen LogP contribution in [0.25, 0.3) is 0 Å². The van der Waals surface area contributed by atoms with Crippen LogP contribution >= 0.6 is 0 Å². The van der Waals surface area contributed by atoms with Crippen LogP contribution in [-0.4, -0.2) is 27.3 Å². The molecule has 0 saturated carbocycles. The summed E-state index contributed by atoms with van der Waals surface area (Å²) in [6.07, 6.45) is 0. The van der Waals surface area contributed by atoms with Crippen LogP contribution < -0.4 is 0 Å². The van der Waals surface area contributed by atoms with E-state index < -0.39 is 30.7 Å². The summed E-state index contributed by atoms with van der Waals surface area (Å²) in [7, 11) is -7.98. The lowest BCUT2D eigenvalue weighted by Gasteiger charge is -2.10. The zero-order chi connectivity index (χ0) is 10.9. The van der Waals surface area contributed by atoms with E-state index in [0.717, 1.165) is 0 Å². The van der Waals surface area contributed by atoms with Crippen molar-refractivity contribution in [3.63, 3.8) is 0 Å². The monoisotopic (exact) mass is 230 g/mol. The van der Waals surface area contributed by atoms with E-state index in [1.54, 1.807) is 0 Å². The molecule has 0 unspecified atom stereocenters. The highest BCUT2D eigenvalue weighted by Gasteiger charge is 2.28. The highest BCUT2D eigenvalue weighted by Crippen LogP contribution is 2.11. The fourth-order valence-electron chi connectivity index (χ4n) is 0.289. The Bertz CT molecular complexity index is 312. The maximum absolute atomic E-state index is 11.0. The molecule has 0 bridgehead atoms. The smallest absolute Gasteiger partial charge is 0.198 e. The van der Waals surface area contributed by atoms with E-state index >= 15 is 0 Å².